The molecule has 0 saturated heterocycles. The van der Waals surface area contributed by atoms with Gasteiger partial charge >= 0.3 is 6.03 Å². The highest BCUT2D eigenvalue weighted by atomic mass is 32.1. The number of rotatable bonds is 3. The first kappa shape index (κ1) is 13.6. The molecule has 0 aromatic rings. The number of carbonyl (C=O) groups excluding carboxylic acids is 1. The number of nitrogens with two attached hydrogens (primary N) is 1. The second kappa shape index (κ2) is 5.87. The van der Waals surface area contributed by atoms with E-state index >= 15 is 0 Å². The zero-order valence-electron chi connectivity index (χ0n) is 10.8. The van der Waals surface area contributed by atoms with Gasteiger partial charge in [0.2, 0.25) is 0 Å². The molecule has 0 aromatic carbocycles. The average molecular weight is 269 g/mol. The summed E-state index contributed by atoms with van der Waals surface area (Å²) in [5.41, 5.74) is 5.43. The Morgan fingerprint density at radius 3 is 2.17 bits per heavy atom. The van der Waals surface area contributed by atoms with Crippen LogP contribution >= 0.6 is 12.2 Å². The molecule has 0 aliphatic heterocycles. The molecule has 2 rings (SSSR count). The fourth-order valence-electron chi connectivity index (χ4n) is 2.76. The Kier molecular flexibility index (Phi) is 4.43. The van der Waals surface area contributed by atoms with E-state index in [1.165, 1.54) is 19.3 Å². The van der Waals surface area contributed by atoms with Crippen LogP contribution in [0.25, 0.3) is 0 Å². The summed E-state index contributed by atoms with van der Waals surface area (Å²) < 4.78 is 0. The van der Waals surface area contributed by atoms with Crippen LogP contribution < -0.4 is 16.4 Å². The van der Waals surface area contributed by atoms with E-state index in [0.717, 1.165) is 38.5 Å². The molecule has 102 valence electrons. The van der Waals surface area contributed by atoms with Crippen LogP contribution in [0.4, 0.5) is 4.79 Å². The number of amides is 2. The molecule has 2 saturated carbocycles. The molecule has 4 nitrogen and oxygen atoms in total. The Labute approximate surface area is 114 Å². The van der Waals surface area contributed by atoms with E-state index in [9.17, 15) is 4.79 Å². The van der Waals surface area contributed by atoms with Gasteiger partial charge in [-0.25, -0.2) is 4.79 Å². The number of hydrogen-bond acceptors (Lipinski definition) is 2. The van der Waals surface area contributed by atoms with Crippen LogP contribution in [0.5, 0.6) is 0 Å². The van der Waals surface area contributed by atoms with Crippen molar-refractivity contribution in [2.24, 2.45) is 5.73 Å². The Morgan fingerprint density at radius 1 is 1.11 bits per heavy atom. The van der Waals surface area contributed by atoms with Crippen LogP contribution in [0.3, 0.4) is 0 Å². The van der Waals surface area contributed by atoms with Crippen molar-refractivity contribution < 1.29 is 4.79 Å². The van der Waals surface area contributed by atoms with Crippen molar-refractivity contribution in [1.82, 2.24) is 10.6 Å². The predicted molar refractivity (Wildman–Crippen MR) is 76.5 cm³/mol. The first-order valence-electron chi connectivity index (χ1n) is 7.01. The number of nitrogens with one attached hydrogen (secondary N) is 2. The number of urea groups is 1. The van der Waals surface area contributed by atoms with Gasteiger partial charge in [-0.15, -0.1) is 0 Å². The summed E-state index contributed by atoms with van der Waals surface area (Å²) in [6, 6.07) is 0.244. The molecule has 2 fully saturated rings. The van der Waals surface area contributed by atoms with Crippen LogP contribution in [0.2, 0.25) is 0 Å². The van der Waals surface area contributed by atoms with Gasteiger partial charge < -0.3 is 16.4 Å². The average Bonchev–Trinajstić information content (AvgIpc) is 2.50. The minimum atomic E-state index is -0.459. The zero-order valence-corrected chi connectivity index (χ0v) is 11.7. The van der Waals surface area contributed by atoms with Crippen molar-refractivity contribution in [3.63, 3.8) is 0 Å². The van der Waals surface area contributed by atoms with Gasteiger partial charge in [-0.1, -0.05) is 37.9 Å². The summed E-state index contributed by atoms with van der Waals surface area (Å²) in [6.07, 6.45) is 9.72. The van der Waals surface area contributed by atoms with Gasteiger partial charge in [0.1, 0.15) is 0 Å². The lowest BCUT2D eigenvalue weighted by molar-refractivity contribution is 0.218. The Bertz CT molecular complexity index is 320. The van der Waals surface area contributed by atoms with Gasteiger partial charge in [0, 0.05) is 6.04 Å². The van der Waals surface area contributed by atoms with Crippen molar-refractivity contribution >= 4 is 23.2 Å². The van der Waals surface area contributed by atoms with Gasteiger partial charge in [0.05, 0.1) is 10.5 Å². The van der Waals surface area contributed by atoms with Crippen LogP contribution in [-0.2, 0) is 0 Å². The minimum Gasteiger partial charge on any atom is -0.391 e. The molecule has 2 aliphatic rings. The standard InChI is InChI=1S/C13H23N3OS/c14-11(18)13(8-3-1-2-4-9-13)16-12(17)15-10-6-5-7-10/h10H,1-9H2,(H2,14,18)(H2,15,16,17). The second-order valence-electron chi connectivity index (χ2n) is 5.59. The second-order valence-corrected chi connectivity index (χ2v) is 6.03. The molecule has 5 heteroatoms. The molecule has 0 unspecified atom stereocenters. The minimum absolute atomic E-state index is 0.102. The van der Waals surface area contributed by atoms with Gasteiger partial charge in [0.25, 0.3) is 0 Å². The topological polar surface area (TPSA) is 67.1 Å². The van der Waals surface area contributed by atoms with Crippen LogP contribution in [0.1, 0.15) is 57.8 Å². The highest BCUT2D eigenvalue weighted by Crippen LogP contribution is 2.27. The maximum absolute atomic E-state index is 12.0. The largest absolute Gasteiger partial charge is 0.391 e. The Hall–Kier alpha value is -0.840. The van der Waals surface area contributed by atoms with E-state index in [1.807, 2.05) is 0 Å². The van der Waals surface area contributed by atoms with Crippen molar-refractivity contribution in [2.75, 3.05) is 0 Å². The third-order valence-corrected chi connectivity index (χ3v) is 4.61. The SMILES string of the molecule is NC(=S)C1(NC(=O)NC2CCC2)CCCCCC1. The van der Waals surface area contributed by atoms with E-state index < -0.39 is 5.54 Å². The van der Waals surface area contributed by atoms with E-state index in [0.29, 0.717) is 11.0 Å². The Balaban J connectivity index is 1.95. The molecule has 2 amide bonds. The molecule has 2 aliphatic carbocycles. The van der Waals surface area contributed by atoms with Gasteiger partial charge in [-0.05, 0) is 32.1 Å². The number of hydrogen-bond donors (Lipinski definition) is 3. The third-order valence-electron chi connectivity index (χ3n) is 4.22. The van der Waals surface area contributed by atoms with Gasteiger partial charge in [-0.3, -0.25) is 0 Å². The van der Waals surface area contributed by atoms with Crippen molar-refractivity contribution in [3.05, 3.63) is 0 Å². The van der Waals surface area contributed by atoms with E-state index in [4.69, 9.17) is 18.0 Å². The maximum Gasteiger partial charge on any atom is 0.315 e. The lowest BCUT2D eigenvalue weighted by Gasteiger charge is -2.35. The lowest BCUT2D eigenvalue weighted by Crippen LogP contribution is -2.60. The summed E-state index contributed by atoms with van der Waals surface area (Å²) in [7, 11) is 0. The van der Waals surface area contributed by atoms with Crippen molar-refractivity contribution in [3.8, 4) is 0 Å². The first-order valence-corrected chi connectivity index (χ1v) is 7.42. The van der Waals surface area contributed by atoms with Crippen LogP contribution in [0, 0.1) is 0 Å². The molecule has 0 heterocycles. The Morgan fingerprint density at radius 2 is 1.72 bits per heavy atom. The fraction of sp³-hybridized carbons (Fsp3) is 0.846. The van der Waals surface area contributed by atoms with E-state index in [2.05, 4.69) is 10.6 Å². The first-order chi connectivity index (χ1) is 8.62. The summed E-state index contributed by atoms with van der Waals surface area (Å²) in [4.78, 5) is 12.4. The molecular formula is C13H23N3OS. The van der Waals surface area contributed by atoms with Gasteiger partial charge in [-0.2, -0.15) is 0 Å². The monoisotopic (exact) mass is 269 g/mol. The molecular weight excluding hydrogens is 246 g/mol. The number of thiocarbonyl (C=S) groups is 1. The fourth-order valence-corrected chi connectivity index (χ4v) is 3.01. The van der Waals surface area contributed by atoms with Crippen LogP contribution in [-0.4, -0.2) is 22.6 Å². The maximum atomic E-state index is 12.0. The highest BCUT2D eigenvalue weighted by molar-refractivity contribution is 7.80. The highest BCUT2D eigenvalue weighted by Gasteiger charge is 2.36. The molecule has 0 atom stereocenters. The molecule has 0 aromatic heterocycles. The van der Waals surface area contributed by atoms with Gasteiger partial charge in [0.15, 0.2) is 0 Å². The summed E-state index contributed by atoms with van der Waals surface area (Å²) in [6.45, 7) is 0. The third kappa shape index (κ3) is 3.13. The van der Waals surface area contributed by atoms with Crippen molar-refractivity contribution in [1.29, 1.82) is 0 Å². The predicted octanol–water partition coefficient (Wildman–Crippen LogP) is 2.22. The summed E-state index contributed by atoms with van der Waals surface area (Å²) in [5, 5.41) is 6.05. The normalized spacial score (nSPS) is 23.6. The lowest BCUT2D eigenvalue weighted by atomic mass is 9.90. The molecule has 18 heavy (non-hydrogen) atoms. The molecule has 0 radical (unpaired) electrons. The summed E-state index contributed by atoms with van der Waals surface area (Å²) >= 11 is 5.20. The zero-order chi connectivity index (χ0) is 13.0. The molecule has 4 N–H and O–H groups in total. The summed E-state index contributed by atoms with van der Waals surface area (Å²) in [5.74, 6) is 0. The smallest absolute Gasteiger partial charge is 0.315 e. The molecule has 0 bridgehead atoms. The van der Waals surface area contributed by atoms with Crippen LogP contribution in [0.15, 0.2) is 0 Å². The van der Waals surface area contributed by atoms with E-state index in [-0.39, 0.29) is 6.03 Å². The van der Waals surface area contributed by atoms with E-state index in [1.54, 1.807) is 0 Å². The number of carbonyl (C=O) groups is 1. The van der Waals surface area contributed by atoms with Crippen molar-refractivity contribution in [2.45, 2.75) is 69.4 Å². The molecule has 0 spiro atoms. The quantitative estimate of drug-likeness (QED) is 0.543.